The Bertz CT molecular complexity index is 426. The molecule has 0 aromatic heterocycles. The Balaban J connectivity index is 1.89. The van der Waals surface area contributed by atoms with Gasteiger partial charge in [0.25, 0.3) is 0 Å². The number of piperazine rings is 1. The van der Waals surface area contributed by atoms with E-state index in [4.69, 9.17) is 4.74 Å². The lowest BCUT2D eigenvalue weighted by Gasteiger charge is -2.35. The van der Waals surface area contributed by atoms with Crippen molar-refractivity contribution in [3.63, 3.8) is 0 Å². The van der Waals surface area contributed by atoms with Crippen LogP contribution in [0.3, 0.4) is 0 Å². The highest BCUT2D eigenvalue weighted by Crippen LogP contribution is 2.24. The van der Waals surface area contributed by atoms with Crippen LogP contribution in [0.25, 0.3) is 0 Å². The van der Waals surface area contributed by atoms with Crippen LogP contribution in [-0.2, 0) is 6.54 Å². The zero-order valence-electron chi connectivity index (χ0n) is 12.8. The molecule has 0 unspecified atom stereocenters. The average molecular weight is 278 g/mol. The molecule has 0 spiro atoms. The smallest absolute Gasteiger partial charge is 0.120 e. The molecule has 1 saturated heterocycles. The minimum absolute atomic E-state index is 0.357. The molecule has 4 nitrogen and oxygen atoms in total. The Morgan fingerprint density at radius 2 is 1.80 bits per heavy atom. The highest BCUT2D eigenvalue weighted by atomic mass is 16.5. The lowest BCUT2D eigenvalue weighted by Crippen LogP contribution is -2.46. The monoisotopic (exact) mass is 278 g/mol. The number of phenols is 1. The molecule has 1 aliphatic rings. The van der Waals surface area contributed by atoms with Gasteiger partial charge in [0.2, 0.25) is 0 Å². The maximum atomic E-state index is 9.94. The van der Waals surface area contributed by atoms with E-state index < -0.39 is 0 Å². The molecule has 4 heteroatoms. The van der Waals surface area contributed by atoms with Gasteiger partial charge in [-0.1, -0.05) is 13.8 Å². The van der Waals surface area contributed by atoms with Crippen molar-refractivity contribution in [2.75, 3.05) is 39.8 Å². The molecule has 1 aliphatic heterocycles. The molecule has 112 valence electrons. The van der Waals surface area contributed by atoms with E-state index in [1.807, 2.05) is 6.07 Å². The van der Waals surface area contributed by atoms with E-state index in [-0.39, 0.29) is 0 Å². The summed E-state index contributed by atoms with van der Waals surface area (Å²) in [5.74, 6) is 1.88. The third-order valence-electron chi connectivity index (χ3n) is 3.77. The topological polar surface area (TPSA) is 35.9 Å². The van der Waals surface area contributed by atoms with Gasteiger partial charge in [-0.2, -0.15) is 0 Å². The second-order valence-electron chi connectivity index (χ2n) is 5.97. The fourth-order valence-electron chi connectivity index (χ4n) is 2.70. The largest absolute Gasteiger partial charge is 0.508 e. The zero-order valence-corrected chi connectivity index (χ0v) is 12.8. The summed E-state index contributed by atoms with van der Waals surface area (Å²) >= 11 is 0. The Labute approximate surface area is 122 Å². The standard InChI is InChI=1S/C16H26N2O2/c1-13(2)11-17-6-8-18(9-7-17)12-14-10-15(20-3)4-5-16(14)19/h4-5,10,13,19H,6-9,11-12H2,1-3H3. The van der Waals surface area contributed by atoms with Gasteiger partial charge in [0, 0.05) is 44.8 Å². The minimum Gasteiger partial charge on any atom is -0.508 e. The minimum atomic E-state index is 0.357. The number of phenolic OH excluding ortho intramolecular Hbond substituents is 1. The number of methoxy groups -OCH3 is 1. The van der Waals surface area contributed by atoms with Crippen LogP contribution in [0.15, 0.2) is 18.2 Å². The molecular formula is C16H26N2O2. The van der Waals surface area contributed by atoms with E-state index in [1.165, 1.54) is 6.54 Å². The molecule has 20 heavy (non-hydrogen) atoms. The first-order valence-corrected chi connectivity index (χ1v) is 7.39. The Hall–Kier alpha value is -1.26. The molecule has 1 aromatic rings. The second kappa shape index (κ2) is 6.95. The molecule has 0 atom stereocenters. The Morgan fingerprint density at radius 1 is 1.15 bits per heavy atom. The summed E-state index contributed by atoms with van der Waals surface area (Å²) in [5.41, 5.74) is 0.946. The van der Waals surface area contributed by atoms with Gasteiger partial charge in [-0.25, -0.2) is 0 Å². The lowest BCUT2D eigenvalue weighted by atomic mass is 10.1. The van der Waals surface area contributed by atoms with Crippen LogP contribution in [0.2, 0.25) is 0 Å². The van der Waals surface area contributed by atoms with E-state index >= 15 is 0 Å². The van der Waals surface area contributed by atoms with Gasteiger partial charge in [0.1, 0.15) is 11.5 Å². The predicted octanol–water partition coefficient (Wildman–Crippen LogP) is 2.17. The van der Waals surface area contributed by atoms with Crippen LogP contribution in [-0.4, -0.2) is 54.7 Å². The number of hydrogen-bond acceptors (Lipinski definition) is 4. The van der Waals surface area contributed by atoms with Gasteiger partial charge < -0.3 is 14.7 Å². The van der Waals surface area contributed by atoms with Gasteiger partial charge >= 0.3 is 0 Å². The number of ether oxygens (including phenoxy) is 1. The summed E-state index contributed by atoms with van der Waals surface area (Å²) in [6.07, 6.45) is 0. The molecule has 0 bridgehead atoms. The van der Waals surface area contributed by atoms with Crippen LogP contribution in [0, 0.1) is 5.92 Å². The first kappa shape index (κ1) is 15.1. The van der Waals surface area contributed by atoms with Crippen molar-refractivity contribution in [3.8, 4) is 11.5 Å². The van der Waals surface area contributed by atoms with Crippen LogP contribution in [0.4, 0.5) is 0 Å². The molecule has 2 rings (SSSR count). The van der Waals surface area contributed by atoms with Gasteiger partial charge in [0.15, 0.2) is 0 Å². The van der Waals surface area contributed by atoms with E-state index in [2.05, 4.69) is 23.6 Å². The average Bonchev–Trinajstić information content (AvgIpc) is 2.43. The third kappa shape index (κ3) is 4.12. The van der Waals surface area contributed by atoms with Crippen molar-refractivity contribution >= 4 is 0 Å². The molecule has 1 heterocycles. The highest BCUT2D eigenvalue weighted by molar-refractivity contribution is 5.39. The van der Waals surface area contributed by atoms with Crippen molar-refractivity contribution in [3.05, 3.63) is 23.8 Å². The first-order chi connectivity index (χ1) is 9.58. The number of nitrogens with zero attached hydrogens (tertiary/aromatic N) is 2. The second-order valence-corrected chi connectivity index (χ2v) is 5.97. The Kier molecular flexibility index (Phi) is 5.26. The van der Waals surface area contributed by atoms with Gasteiger partial charge in [-0.3, -0.25) is 4.90 Å². The molecule has 0 aliphatic carbocycles. The zero-order chi connectivity index (χ0) is 14.5. The highest BCUT2D eigenvalue weighted by Gasteiger charge is 2.18. The van der Waals surface area contributed by atoms with Crippen molar-refractivity contribution in [1.29, 1.82) is 0 Å². The maximum absolute atomic E-state index is 9.94. The van der Waals surface area contributed by atoms with E-state index in [0.717, 1.165) is 50.0 Å². The molecular weight excluding hydrogens is 252 g/mol. The maximum Gasteiger partial charge on any atom is 0.120 e. The molecule has 1 N–H and O–H groups in total. The quantitative estimate of drug-likeness (QED) is 0.895. The summed E-state index contributed by atoms with van der Waals surface area (Å²) in [5, 5.41) is 9.94. The number of benzene rings is 1. The van der Waals surface area contributed by atoms with Crippen LogP contribution in [0.5, 0.6) is 11.5 Å². The van der Waals surface area contributed by atoms with Crippen molar-refractivity contribution in [2.45, 2.75) is 20.4 Å². The molecule has 0 saturated carbocycles. The van der Waals surface area contributed by atoms with Gasteiger partial charge in [-0.05, 0) is 24.1 Å². The summed E-state index contributed by atoms with van der Waals surface area (Å²) in [6, 6.07) is 5.43. The molecule has 1 fully saturated rings. The number of hydrogen-bond donors (Lipinski definition) is 1. The van der Waals surface area contributed by atoms with Crippen molar-refractivity contribution in [1.82, 2.24) is 9.80 Å². The predicted molar refractivity (Wildman–Crippen MR) is 81.2 cm³/mol. The summed E-state index contributed by atoms with van der Waals surface area (Å²) in [4.78, 5) is 4.91. The fourth-order valence-corrected chi connectivity index (χ4v) is 2.70. The van der Waals surface area contributed by atoms with Crippen LogP contribution < -0.4 is 4.74 Å². The summed E-state index contributed by atoms with van der Waals surface area (Å²) in [6.45, 7) is 10.8. The SMILES string of the molecule is COc1ccc(O)c(CN2CCN(CC(C)C)CC2)c1. The van der Waals surface area contributed by atoms with Gasteiger partial charge in [-0.15, -0.1) is 0 Å². The fraction of sp³-hybridized carbons (Fsp3) is 0.625. The van der Waals surface area contributed by atoms with Crippen molar-refractivity contribution < 1.29 is 9.84 Å². The lowest BCUT2D eigenvalue weighted by molar-refractivity contribution is 0.117. The van der Waals surface area contributed by atoms with Gasteiger partial charge in [0.05, 0.1) is 7.11 Å². The Morgan fingerprint density at radius 3 is 2.40 bits per heavy atom. The van der Waals surface area contributed by atoms with Crippen LogP contribution in [0.1, 0.15) is 19.4 Å². The van der Waals surface area contributed by atoms with Crippen LogP contribution >= 0.6 is 0 Å². The van der Waals surface area contributed by atoms with E-state index in [1.54, 1.807) is 19.2 Å². The normalized spacial score (nSPS) is 17.6. The van der Waals surface area contributed by atoms with E-state index in [0.29, 0.717) is 5.75 Å². The number of aromatic hydroxyl groups is 1. The molecule has 0 amide bonds. The summed E-state index contributed by atoms with van der Waals surface area (Å²) < 4.78 is 5.22. The number of rotatable bonds is 5. The molecule has 0 radical (unpaired) electrons. The third-order valence-corrected chi connectivity index (χ3v) is 3.77. The first-order valence-electron chi connectivity index (χ1n) is 7.39. The van der Waals surface area contributed by atoms with E-state index in [9.17, 15) is 5.11 Å². The van der Waals surface area contributed by atoms with Crippen molar-refractivity contribution in [2.24, 2.45) is 5.92 Å². The molecule has 1 aromatic carbocycles. The summed E-state index contributed by atoms with van der Waals surface area (Å²) in [7, 11) is 1.65.